The van der Waals surface area contributed by atoms with E-state index < -0.39 is 0 Å². The molecule has 0 spiro atoms. The molecule has 30 heavy (non-hydrogen) atoms. The highest BCUT2D eigenvalue weighted by Gasteiger charge is 2.46. The largest absolute Gasteiger partial charge is 0.461 e. The highest BCUT2D eigenvalue weighted by atomic mass is 16.5. The Kier molecular flexibility index (Phi) is 6.21. The first-order chi connectivity index (χ1) is 14.6. The molecule has 1 saturated carbocycles. The molecule has 6 nitrogen and oxygen atoms in total. The zero-order valence-corrected chi connectivity index (χ0v) is 17.9. The lowest BCUT2D eigenvalue weighted by molar-refractivity contribution is -0.134. The van der Waals surface area contributed by atoms with E-state index in [1.807, 2.05) is 33.8 Å². The van der Waals surface area contributed by atoms with Gasteiger partial charge in [-0.3, -0.25) is 9.48 Å². The molecule has 6 heteroatoms. The molecule has 4 rings (SSSR count). The van der Waals surface area contributed by atoms with Crippen LogP contribution in [-0.4, -0.2) is 46.3 Å². The van der Waals surface area contributed by atoms with Crippen LogP contribution in [0, 0.1) is 5.92 Å². The van der Waals surface area contributed by atoms with Gasteiger partial charge in [0.15, 0.2) is 5.69 Å². The Labute approximate surface area is 178 Å². The molecule has 160 valence electrons. The number of hydrogen-bond donors (Lipinski definition) is 0. The highest BCUT2D eigenvalue weighted by Crippen LogP contribution is 2.48. The van der Waals surface area contributed by atoms with Crippen molar-refractivity contribution in [1.29, 1.82) is 0 Å². The number of esters is 1. The van der Waals surface area contributed by atoms with Crippen molar-refractivity contribution in [3.63, 3.8) is 0 Å². The molecule has 2 aromatic rings. The average molecular weight is 410 g/mol. The van der Waals surface area contributed by atoms with E-state index in [9.17, 15) is 9.59 Å². The molecule has 1 aromatic heterocycles. The fourth-order valence-corrected chi connectivity index (χ4v) is 4.60. The second-order valence-electron chi connectivity index (χ2n) is 8.35. The van der Waals surface area contributed by atoms with Crippen molar-refractivity contribution >= 4 is 11.9 Å². The van der Waals surface area contributed by atoms with E-state index in [4.69, 9.17) is 4.74 Å². The highest BCUT2D eigenvalue weighted by molar-refractivity contribution is 5.87. The van der Waals surface area contributed by atoms with Crippen LogP contribution in [0.2, 0.25) is 0 Å². The van der Waals surface area contributed by atoms with Gasteiger partial charge < -0.3 is 9.64 Å². The van der Waals surface area contributed by atoms with Gasteiger partial charge in [0.05, 0.1) is 12.6 Å². The Morgan fingerprint density at radius 2 is 1.87 bits per heavy atom. The Bertz CT molecular complexity index is 884. The minimum Gasteiger partial charge on any atom is -0.461 e. The molecule has 1 saturated heterocycles. The molecule has 1 aliphatic heterocycles. The first-order valence-corrected chi connectivity index (χ1v) is 11.2. The molecule has 1 amide bonds. The van der Waals surface area contributed by atoms with Gasteiger partial charge in [-0.1, -0.05) is 43.7 Å². The van der Waals surface area contributed by atoms with Gasteiger partial charge >= 0.3 is 5.97 Å². The molecular formula is C24H31N3O3. The van der Waals surface area contributed by atoms with Crippen molar-refractivity contribution < 1.29 is 14.3 Å². The predicted molar refractivity (Wildman–Crippen MR) is 114 cm³/mol. The lowest BCUT2D eigenvalue weighted by Crippen LogP contribution is -2.40. The van der Waals surface area contributed by atoms with E-state index in [-0.39, 0.29) is 17.9 Å². The van der Waals surface area contributed by atoms with Crippen molar-refractivity contribution in [2.75, 3.05) is 19.7 Å². The van der Waals surface area contributed by atoms with Crippen molar-refractivity contribution in [3.05, 3.63) is 53.3 Å². The summed E-state index contributed by atoms with van der Waals surface area (Å²) in [5, 5.41) is 4.58. The van der Waals surface area contributed by atoms with Crippen LogP contribution in [0.3, 0.4) is 0 Å². The van der Waals surface area contributed by atoms with Gasteiger partial charge in [-0.15, -0.1) is 0 Å². The van der Waals surface area contributed by atoms with Gasteiger partial charge in [0.25, 0.3) is 0 Å². The molecular weight excluding hydrogens is 378 g/mol. The normalized spacial score (nSPS) is 21.5. The Morgan fingerprint density at radius 3 is 2.53 bits per heavy atom. The summed E-state index contributed by atoms with van der Waals surface area (Å²) in [7, 11) is 0. The smallest absolute Gasteiger partial charge is 0.358 e. The van der Waals surface area contributed by atoms with Crippen molar-refractivity contribution in [1.82, 2.24) is 14.7 Å². The Morgan fingerprint density at radius 1 is 1.13 bits per heavy atom. The molecule has 1 aromatic carbocycles. The second kappa shape index (κ2) is 9.02. The number of piperidine rings is 1. The van der Waals surface area contributed by atoms with Gasteiger partial charge in [-0.25, -0.2) is 4.79 Å². The van der Waals surface area contributed by atoms with E-state index in [2.05, 4.69) is 24.2 Å². The van der Waals surface area contributed by atoms with Gasteiger partial charge in [0.1, 0.15) is 0 Å². The number of amides is 1. The van der Waals surface area contributed by atoms with Crippen LogP contribution in [0.25, 0.3) is 0 Å². The van der Waals surface area contributed by atoms with Gasteiger partial charge in [-0.2, -0.15) is 5.10 Å². The first-order valence-electron chi connectivity index (χ1n) is 11.2. The SMILES string of the molecule is CCCc1cc(C(=O)OCC)nn1C1CCN(C(=O)[C@@H]2C[C@H]2c2ccccc2)CC1. The number of aryl methyl sites for hydroxylation is 1. The van der Waals surface area contributed by atoms with Gasteiger partial charge in [0, 0.05) is 24.7 Å². The maximum absolute atomic E-state index is 13.0. The predicted octanol–water partition coefficient (Wildman–Crippen LogP) is 3.98. The quantitative estimate of drug-likeness (QED) is 0.649. The molecule has 2 fully saturated rings. The molecule has 0 radical (unpaired) electrons. The third-order valence-corrected chi connectivity index (χ3v) is 6.26. The summed E-state index contributed by atoms with van der Waals surface area (Å²) >= 11 is 0. The number of likely N-dealkylation sites (tertiary alicyclic amines) is 1. The maximum Gasteiger partial charge on any atom is 0.358 e. The summed E-state index contributed by atoms with van der Waals surface area (Å²) in [5.74, 6) is 0.455. The van der Waals surface area contributed by atoms with Gasteiger partial charge in [-0.05, 0) is 50.2 Å². The van der Waals surface area contributed by atoms with E-state index in [0.29, 0.717) is 24.1 Å². The third kappa shape index (κ3) is 4.27. The third-order valence-electron chi connectivity index (χ3n) is 6.26. The fourth-order valence-electron chi connectivity index (χ4n) is 4.60. The van der Waals surface area contributed by atoms with Crippen LogP contribution in [0.15, 0.2) is 36.4 Å². The molecule has 0 unspecified atom stereocenters. The minimum atomic E-state index is -0.359. The zero-order valence-electron chi connectivity index (χ0n) is 17.9. The maximum atomic E-state index is 13.0. The molecule has 2 heterocycles. The lowest BCUT2D eigenvalue weighted by atomic mass is 10.0. The van der Waals surface area contributed by atoms with Crippen LogP contribution in [0.1, 0.15) is 73.2 Å². The number of rotatable bonds is 7. The van der Waals surface area contributed by atoms with Crippen molar-refractivity contribution in [2.45, 2.75) is 57.9 Å². The Balaban J connectivity index is 1.37. The summed E-state index contributed by atoms with van der Waals surface area (Å²) < 4.78 is 7.14. The number of hydrogen-bond acceptors (Lipinski definition) is 4. The van der Waals surface area contributed by atoms with Crippen molar-refractivity contribution in [3.8, 4) is 0 Å². The van der Waals surface area contributed by atoms with Crippen LogP contribution >= 0.6 is 0 Å². The summed E-state index contributed by atoms with van der Waals surface area (Å²) in [4.78, 5) is 27.1. The number of aromatic nitrogens is 2. The molecule has 1 aliphatic carbocycles. The Hall–Kier alpha value is -2.63. The zero-order chi connectivity index (χ0) is 21.1. The van der Waals surface area contributed by atoms with E-state index in [1.54, 1.807) is 6.92 Å². The van der Waals surface area contributed by atoms with E-state index in [1.165, 1.54) is 5.56 Å². The second-order valence-corrected chi connectivity index (χ2v) is 8.35. The number of ether oxygens (including phenoxy) is 1. The fraction of sp³-hybridized carbons (Fsp3) is 0.542. The van der Waals surface area contributed by atoms with Crippen LogP contribution in [-0.2, 0) is 16.0 Å². The van der Waals surface area contributed by atoms with E-state index >= 15 is 0 Å². The molecule has 0 N–H and O–H groups in total. The molecule has 2 atom stereocenters. The monoisotopic (exact) mass is 409 g/mol. The average Bonchev–Trinajstić information content (AvgIpc) is 3.47. The van der Waals surface area contributed by atoms with Crippen LogP contribution in [0.5, 0.6) is 0 Å². The minimum absolute atomic E-state index is 0.139. The number of carbonyl (C=O) groups excluding carboxylic acids is 2. The topological polar surface area (TPSA) is 64.4 Å². The standard InChI is InChI=1S/C24H31N3O3/c1-3-8-19-15-22(24(29)30-4-2)25-27(19)18-11-13-26(14-12-18)23(28)21-16-20(21)17-9-6-5-7-10-17/h5-7,9-10,15,18,20-21H,3-4,8,11-14,16H2,1-2H3/t20-,21+/m0/s1. The summed E-state index contributed by atoms with van der Waals surface area (Å²) in [6.45, 7) is 5.78. The number of carbonyl (C=O) groups is 2. The van der Waals surface area contributed by atoms with Gasteiger partial charge in [0.2, 0.25) is 5.91 Å². The summed E-state index contributed by atoms with van der Waals surface area (Å²) in [5.41, 5.74) is 2.75. The summed E-state index contributed by atoms with van der Waals surface area (Å²) in [6.07, 6.45) is 4.58. The first kappa shape index (κ1) is 20.6. The van der Waals surface area contributed by atoms with E-state index in [0.717, 1.165) is 50.9 Å². The molecule has 0 bridgehead atoms. The van der Waals surface area contributed by atoms with Crippen LogP contribution in [0.4, 0.5) is 0 Å². The number of nitrogens with zero attached hydrogens (tertiary/aromatic N) is 3. The van der Waals surface area contributed by atoms with Crippen molar-refractivity contribution in [2.24, 2.45) is 5.92 Å². The summed E-state index contributed by atoms with van der Waals surface area (Å²) in [6, 6.07) is 12.4. The molecule has 2 aliphatic rings. The van der Waals surface area contributed by atoms with Crippen LogP contribution < -0.4 is 0 Å². The number of benzene rings is 1. The lowest BCUT2D eigenvalue weighted by Gasteiger charge is -2.33.